The number of hydrogen-bond acceptors (Lipinski definition) is 1. The molecule has 0 aliphatic rings. The van der Waals surface area contributed by atoms with Gasteiger partial charge in [-0.25, -0.2) is 4.98 Å². The van der Waals surface area contributed by atoms with Crippen LogP contribution in [0.2, 0.25) is 25.4 Å². The van der Waals surface area contributed by atoms with Crippen LogP contribution < -0.4 is 0 Å². The van der Waals surface area contributed by atoms with E-state index in [0.29, 0.717) is 0 Å². The molecule has 0 spiro atoms. The van der Waals surface area contributed by atoms with Crippen LogP contribution in [0, 0.1) is 0 Å². The standard InChI is InChI=1S/C5Cl5N.K/c6-1-2(7)4(9)11-5(10)3(1)8;. The van der Waals surface area contributed by atoms with Crippen LogP contribution in [0.3, 0.4) is 0 Å². The molecule has 1 aromatic heterocycles. The smallest absolute Gasteiger partial charge is 0.151 e. The van der Waals surface area contributed by atoms with Crippen molar-refractivity contribution in [2.24, 2.45) is 0 Å². The Morgan fingerprint density at radius 3 is 1.33 bits per heavy atom. The predicted octanol–water partition coefficient (Wildman–Crippen LogP) is 3.97. The van der Waals surface area contributed by atoms with Crippen LogP contribution in [0.15, 0.2) is 0 Å². The fraction of sp³-hybridized carbons (Fsp3) is 0. The zero-order chi connectivity index (χ0) is 8.59. The molecule has 1 radical (unpaired) electrons. The molecule has 0 aromatic carbocycles. The number of pyridine rings is 1. The van der Waals surface area contributed by atoms with E-state index < -0.39 is 0 Å². The summed E-state index contributed by atoms with van der Waals surface area (Å²) in [5.74, 6) is 0. The second-order valence-corrected chi connectivity index (χ2v) is 3.49. The maximum absolute atomic E-state index is 5.62. The Hall–Kier alpha value is 2.24. The van der Waals surface area contributed by atoms with E-state index in [0.717, 1.165) is 0 Å². The summed E-state index contributed by atoms with van der Waals surface area (Å²) in [5.41, 5.74) is 0. The Balaban J connectivity index is 0.00000121. The van der Waals surface area contributed by atoms with E-state index in [-0.39, 0.29) is 76.8 Å². The van der Waals surface area contributed by atoms with Crippen LogP contribution in [0.4, 0.5) is 0 Å². The van der Waals surface area contributed by atoms with Crippen molar-refractivity contribution in [1.82, 2.24) is 4.98 Å². The molecule has 7 heteroatoms. The molecule has 1 rings (SSSR count). The van der Waals surface area contributed by atoms with E-state index in [9.17, 15) is 0 Å². The Kier molecular flexibility index (Phi) is 7.07. The van der Waals surface area contributed by atoms with Crippen molar-refractivity contribution in [3.8, 4) is 0 Å². The minimum absolute atomic E-state index is 0. The van der Waals surface area contributed by atoms with Crippen LogP contribution in [0.25, 0.3) is 0 Å². The molecule has 12 heavy (non-hydrogen) atoms. The van der Waals surface area contributed by atoms with Crippen molar-refractivity contribution in [1.29, 1.82) is 0 Å². The van der Waals surface area contributed by atoms with Crippen molar-refractivity contribution in [2.75, 3.05) is 0 Å². The van der Waals surface area contributed by atoms with Gasteiger partial charge < -0.3 is 0 Å². The van der Waals surface area contributed by atoms with Crippen LogP contribution >= 0.6 is 58.0 Å². The molecular weight excluding hydrogens is 290 g/mol. The Bertz CT molecular complexity index is 276. The molecule has 0 aliphatic carbocycles. The number of hydrogen-bond donors (Lipinski definition) is 0. The van der Waals surface area contributed by atoms with Crippen LogP contribution in [0.5, 0.6) is 0 Å². The summed E-state index contributed by atoms with van der Waals surface area (Å²) in [5, 5.41) is 0.445. The van der Waals surface area contributed by atoms with Gasteiger partial charge in [-0.2, -0.15) is 0 Å². The monoisotopic (exact) mass is 288 g/mol. The molecule has 1 aromatic rings. The summed E-state index contributed by atoms with van der Waals surface area (Å²) in [6.07, 6.45) is 0. The third-order valence-electron chi connectivity index (χ3n) is 0.944. The molecule has 0 aliphatic heterocycles. The van der Waals surface area contributed by atoms with Gasteiger partial charge in [0.2, 0.25) is 0 Å². The number of halogens is 5. The molecule has 0 unspecified atom stereocenters. The summed E-state index contributed by atoms with van der Waals surface area (Å²) < 4.78 is 0. The first-order valence-electron chi connectivity index (χ1n) is 2.39. The molecule has 1 nitrogen and oxygen atoms in total. The van der Waals surface area contributed by atoms with Crippen molar-refractivity contribution >= 4 is 109 Å². The Labute approximate surface area is 137 Å². The zero-order valence-corrected chi connectivity index (χ0v) is 12.7. The van der Waals surface area contributed by atoms with E-state index in [4.69, 9.17) is 58.0 Å². The second kappa shape index (κ2) is 5.96. The van der Waals surface area contributed by atoms with Gasteiger partial charge in [0.05, 0.1) is 15.1 Å². The van der Waals surface area contributed by atoms with Gasteiger partial charge >= 0.3 is 0 Å². The van der Waals surface area contributed by atoms with Crippen LogP contribution in [-0.4, -0.2) is 56.4 Å². The average molecular weight is 290 g/mol. The van der Waals surface area contributed by atoms with Gasteiger partial charge in [-0.05, 0) is 0 Å². The Morgan fingerprint density at radius 1 is 0.667 bits per heavy atom. The molecular formula is C5Cl5KN. The topological polar surface area (TPSA) is 12.9 Å². The number of nitrogens with zero attached hydrogens (tertiary/aromatic N) is 1. The first kappa shape index (κ1) is 14.2. The van der Waals surface area contributed by atoms with Gasteiger partial charge in [-0.3, -0.25) is 0 Å². The van der Waals surface area contributed by atoms with Crippen LogP contribution in [0.1, 0.15) is 0 Å². The van der Waals surface area contributed by atoms with Crippen molar-refractivity contribution in [3.05, 3.63) is 25.4 Å². The van der Waals surface area contributed by atoms with E-state index >= 15 is 0 Å². The maximum atomic E-state index is 5.62. The molecule has 1 heterocycles. The average Bonchev–Trinajstić information content (AvgIpc) is 1.97. The van der Waals surface area contributed by atoms with E-state index in [1.54, 1.807) is 0 Å². The summed E-state index contributed by atoms with van der Waals surface area (Å²) in [4.78, 5) is 3.62. The molecule has 0 saturated heterocycles. The predicted molar refractivity (Wildman–Crippen MR) is 55.0 cm³/mol. The Morgan fingerprint density at radius 2 is 1.00 bits per heavy atom. The van der Waals surface area contributed by atoms with E-state index in [2.05, 4.69) is 4.98 Å². The normalized spacial score (nSPS) is 9.42. The van der Waals surface area contributed by atoms with E-state index in [1.165, 1.54) is 0 Å². The van der Waals surface area contributed by atoms with Gasteiger partial charge in [0, 0.05) is 51.4 Å². The van der Waals surface area contributed by atoms with Gasteiger partial charge in [-0.15, -0.1) is 0 Å². The minimum atomic E-state index is 0. The zero-order valence-electron chi connectivity index (χ0n) is 5.84. The SMILES string of the molecule is Clc1nc(Cl)c(Cl)c(Cl)c1Cl.[K]. The van der Waals surface area contributed by atoms with Gasteiger partial charge in [-0.1, -0.05) is 58.0 Å². The molecule has 0 bridgehead atoms. The molecule has 61 valence electrons. The third-order valence-corrected chi connectivity index (χ3v) is 2.99. The first-order chi connectivity index (χ1) is 5.04. The van der Waals surface area contributed by atoms with Crippen molar-refractivity contribution in [3.63, 3.8) is 0 Å². The quantitative estimate of drug-likeness (QED) is 0.520. The fourth-order valence-corrected chi connectivity index (χ4v) is 1.46. The number of aromatic nitrogens is 1. The van der Waals surface area contributed by atoms with Gasteiger partial charge in [0.15, 0.2) is 10.3 Å². The third kappa shape index (κ3) is 3.12. The summed E-state index contributed by atoms with van der Waals surface area (Å²) in [6.45, 7) is 0. The first-order valence-corrected chi connectivity index (χ1v) is 4.28. The molecule has 0 atom stereocenters. The summed E-state index contributed by atoms with van der Waals surface area (Å²) in [7, 11) is 0. The van der Waals surface area contributed by atoms with Crippen molar-refractivity contribution in [2.45, 2.75) is 0 Å². The summed E-state index contributed by atoms with van der Waals surface area (Å²) in [6, 6.07) is 0. The molecule has 0 saturated carbocycles. The van der Waals surface area contributed by atoms with Crippen LogP contribution in [-0.2, 0) is 0 Å². The van der Waals surface area contributed by atoms with Gasteiger partial charge in [0.25, 0.3) is 0 Å². The van der Waals surface area contributed by atoms with Crippen molar-refractivity contribution < 1.29 is 0 Å². The molecule has 0 fully saturated rings. The molecule has 0 amide bonds. The molecule has 0 N–H and O–H groups in total. The fourth-order valence-electron chi connectivity index (χ4n) is 0.462. The largest absolute Gasteiger partial charge is 0.221 e. The van der Waals surface area contributed by atoms with Gasteiger partial charge in [0.1, 0.15) is 0 Å². The second-order valence-electron chi connectivity index (χ2n) is 1.64. The number of rotatable bonds is 0. The maximum Gasteiger partial charge on any atom is 0.151 e. The van der Waals surface area contributed by atoms with E-state index in [1.807, 2.05) is 0 Å². The summed E-state index contributed by atoms with van der Waals surface area (Å²) >= 11 is 27.8. The minimum Gasteiger partial charge on any atom is -0.221 e.